The lowest BCUT2D eigenvalue weighted by Crippen LogP contribution is -2.36. The molecule has 1 amide bonds. The Labute approximate surface area is 175 Å². The Bertz CT molecular complexity index is 1010. The molecular weight excluding hydrogens is 380 g/mol. The second-order valence-electron chi connectivity index (χ2n) is 8.24. The molecule has 4 rings (SSSR count). The number of thioether (sulfide) groups is 1. The molecule has 0 saturated carbocycles. The van der Waals surface area contributed by atoms with E-state index in [1.54, 1.807) is 6.33 Å². The molecule has 1 atom stereocenters. The van der Waals surface area contributed by atoms with Gasteiger partial charge >= 0.3 is 0 Å². The van der Waals surface area contributed by atoms with Crippen LogP contribution in [0.2, 0.25) is 0 Å². The van der Waals surface area contributed by atoms with Crippen molar-refractivity contribution in [3.05, 3.63) is 71.5 Å². The molecule has 0 saturated heterocycles. The van der Waals surface area contributed by atoms with Crippen LogP contribution in [0.4, 0.5) is 0 Å². The van der Waals surface area contributed by atoms with E-state index < -0.39 is 0 Å². The first-order valence-electron chi connectivity index (χ1n) is 9.93. The number of nitrogens with one attached hydrogen (secondary N) is 1. The van der Waals surface area contributed by atoms with E-state index in [2.05, 4.69) is 72.7 Å². The van der Waals surface area contributed by atoms with Crippen LogP contribution in [0.15, 0.2) is 60.0 Å². The lowest BCUT2D eigenvalue weighted by molar-refractivity contribution is -0.119. The predicted octanol–water partition coefficient (Wildman–Crippen LogP) is 4.60. The van der Waals surface area contributed by atoms with Gasteiger partial charge in [-0.25, -0.2) is 0 Å². The number of hydrogen-bond acceptors (Lipinski definition) is 4. The van der Waals surface area contributed by atoms with Gasteiger partial charge in [-0.15, -0.1) is 10.2 Å². The van der Waals surface area contributed by atoms with Gasteiger partial charge in [0.1, 0.15) is 6.33 Å². The van der Waals surface area contributed by atoms with Gasteiger partial charge in [-0.3, -0.25) is 9.36 Å². The topological polar surface area (TPSA) is 59.8 Å². The van der Waals surface area contributed by atoms with E-state index in [9.17, 15) is 4.79 Å². The zero-order chi connectivity index (χ0) is 20.4. The molecule has 0 bridgehead atoms. The van der Waals surface area contributed by atoms with Crippen molar-refractivity contribution in [3.63, 3.8) is 0 Å². The first kappa shape index (κ1) is 19.7. The van der Waals surface area contributed by atoms with E-state index in [0.29, 0.717) is 10.9 Å². The van der Waals surface area contributed by atoms with E-state index in [4.69, 9.17) is 0 Å². The van der Waals surface area contributed by atoms with Crippen molar-refractivity contribution in [2.45, 2.75) is 50.2 Å². The molecule has 150 valence electrons. The van der Waals surface area contributed by atoms with Gasteiger partial charge in [0.2, 0.25) is 5.91 Å². The smallest absolute Gasteiger partial charge is 0.230 e. The average Bonchev–Trinajstić information content (AvgIpc) is 3.18. The molecule has 1 unspecified atom stereocenters. The van der Waals surface area contributed by atoms with Crippen LogP contribution in [0, 0.1) is 6.92 Å². The Morgan fingerprint density at radius 2 is 1.97 bits per heavy atom. The van der Waals surface area contributed by atoms with Crippen LogP contribution in [0.25, 0.3) is 5.69 Å². The minimum absolute atomic E-state index is 0.0213. The third-order valence-corrected chi connectivity index (χ3v) is 6.56. The molecule has 1 aliphatic rings. The summed E-state index contributed by atoms with van der Waals surface area (Å²) in [6, 6.07) is 16.7. The van der Waals surface area contributed by atoms with Crippen molar-refractivity contribution in [3.8, 4) is 5.69 Å². The molecule has 1 aliphatic carbocycles. The second-order valence-corrected chi connectivity index (χ2v) is 9.18. The van der Waals surface area contributed by atoms with Gasteiger partial charge in [0.25, 0.3) is 0 Å². The average molecular weight is 407 g/mol. The maximum Gasteiger partial charge on any atom is 0.230 e. The molecular formula is C23H26N4OS. The van der Waals surface area contributed by atoms with E-state index in [0.717, 1.165) is 18.5 Å². The number of fused-ring (bicyclic) bond motifs is 1. The van der Waals surface area contributed by atoms with Crippen molar-refractivity contribution >= 4 is 17.7 Å². The van der Waals surface area contributed by atoms with Crippen molar-refractivity contribution < 1.29 is 4.79 Å². The molecule has 2 aromatic carbocycles. The second kappa shape index (κ2) is 8.03. The number of nitrogens with zero attached hydrogens (tertiary/aromatic N) is 3. The van der Waals surface area contributed by atoms with Gasteiger partial charge in [-0.05, 0) is 48.4 Å². The van der Waals surface area contributed by atoms with E-state index in [1.165, 1.54) is 28.5 Å². The van der Waals surface area contributed by atoms with E-state index in [1.807, 2.05) is 16.7 Å². The number of hydrogen-bond donors (Lipinski definition) is 1. The van der Waals surface area contributed by atoms with Gasteiger partial charge in [0.05, 0.1) is 11.8 Å². The Kier molecular flexibility index (Phi) is 5.46. The Hall–Kier alpha value is -2.60. The van der Waals surface area contributed by atoms with Crippen molar-refractivity contribution in [2.24, 2.45) is 0 Å². The molecule has 5 nitrogen and oxygen atoms in total. The highest BCUT2D eigenvalue weighted by atomic mass is 32.2. The molecule has 0 aliphatic heterocycles. The summed E-state index contributed by atoms with van der Waals surface area (Å²) in [4.78, 5) is 12.7. The Balaban J connectivity index is 1.42. The molecule has 0 radical (unpaired) electrons. The van der Waals surface area contributed by atoms with Crippen LogP contribution in [-0.4, -0.2) is 26.4 Å². The number of benzene rings is 2. The number of aromatic nitrogens is 3. The quantitative estimate of drug-likeness (QED) is 0.629. The predicted molar refractivity (Wildman–Crippen MR) is 116 cm³/mol. The van der Waals surface area contributed by atoms with Crippen LogP contribution in [0.3, 0.4) is 0 Å². The molecule has 1 N–H and O–H groups in total. The van der Waals surface area contributed by atoms with Gasteiger partial charge in [-0.2, -0.15) is 0 Å². The SMILES string of the molecule is Cc1ccc(-n2cnnc2SCC(=O)NC2CCC(C)(C)c3ccccc32)cc1. The summed E-state index contributed by atoms with van der Waals surface area (Å²) in [6.45, 7) is 6.61. The number of aryl methyl sites for hydroxylation is 1. The number of carbonyl (C=O) groups is 1. The fraction of sp³-hybridized carbons (Fsp3) is 0.348. The third kappa shape index (κ3) is 4.22. The summed E-state index contributed by atoms with van der Waals surface area (Å²) >= 11 is 1.41. The van der Waals surface area contributed by atoms with Crippen LogP contribution in [0.1, 0.15) is 49.4 Å². The molecule has 3 aromatic rings. The van der Waals surface area contributed by atoms with Gasteiger partial charge in [-0.1, -0.05) is 67.6 Å². The van der Waals surface area contributed by atoms with Crippen LogP contribution < -0.4 is 5.32 Å². The largest absolute Gasteiger partial charge is 0.349 e. The van der Waals surface area contributed by atoms with Crippen LogP contribution in [-0.2, 0) is 10.2 Å². The fourth-order valence-corrected chi connectivity index (χ4v) is 4.67. The first-order chi connectivity index (χ1) is 13.9. The van der Waals surface area contributed by atoms with Crippen molar-refractivity contribution in [1.82, 2.24) is 20.1 Å². The van der Waals surface area contributed by atoms with E-state index in [-0.39, 0.29) is 17.4 Å². The maximum atomic E-state index is 12.7. The molecule has 1 aromatic heterocycles. The van der Waals surface area contributed by atoms with Crippen LogP contribution >= 0.6 is 11.8 Å². The lowest BCUT2D eigenvalue weighted by Gasteiger charge is -2.37. The summed E-state index contributed by atoms with van der Waals surface area (Å²) in [5.41, 5.74) is 4.92. The Morgan fingerprint density at radius 3 is 2.76 bits per heavy atom. The zero-order valence-corrected chi connectivity index (χ0v) is 17.9. The summed E-state index contributed by atoms with van der Waals surface area (Å²) in [5.74, 6) is 0.333. The highest BCUT2D eigenvalue weighted by molar-refractivity contribution is 7.99. The lowest BCUT2D eigenvalue weighted by atomic mass is 9.71. The molecule has 29 heavy (non-hydrogen) atoms. The highest BCUT2D eigenvalue weighted by Crippen LogP contribution is 2.41. The number of amides is 1. The van der Waals surface area contributed by atoms with Gasteiger partial charge in [0.15, 0.2) is 5.16 Å². The zero-order valence-electron chi connectivity index (χ0n) is 17.1. The van der Waals surface area contributed by atoms with E-state index >= 15 is 0 Å². The monoisotopic (exact) mass is 406 g/mol. The van der Waals surface area contributed by atoms with Gasteiger partial charge < -0.3 is 5.32 Å². The summed E-state index contributed by atoms with van der Waals surface area (Å²) in [5, 5.41) is 12.1. The minimum atomic E-state index is 0.0213. The maximum absolute atomic E-state index is 12.7. The number of rotatable bonds is 5. The molecule has 1 heterocycles. The fourth-order valence-electron chi connectivity index (χ4n) is 3.93. The first-order valence-corrected chi connectivity index (χ1v) is 10.9. The summed E-state index contributed by atoms with van der Waals surface area (Å²) in [6.07, 6.45) is 3.70. The molecule has 0 fully saturated rings. The molecule has 6 heteroatoms. The standard InChI is InChI=1S/C23H26N4OS/c1-16-8-10-17(11-9-16)27-15-24-26-22(27)29-14-21(28)25-20-12-13-23(2,3)19-7-5-4-6-18(19)20/h4-11,15,20H,12-14H2,1-3H3,(H,25,28). The summed E-state index contributed by atoms with van der Waals surface area (Å²) in [7, 11) is 0. The van der Waals surface area contributed by atoms with Crippen molar-refractivity contribution in [2.75, 3.05) is 5.75 Å². The Morgan fingerprint density at radius 1 is 1.21 bits per heavy atom. The normalized spacial score (nSPS) is 17.6. The summed E-state index contributed by atoms with van der Waals surface area (Å²) < 4.78 is 1.91. The highest BCUT2D eigenvalue weighted by Gasteiger charge is 2.32. The van der Waals surface area contributed by atoms with Gasteiger partial charge in [0, 0.05) is 5.69 Å². The van der Waals surface area contributed by atoms with Crippen LogP contribution in [0.5, 0.6) is 0 Å². The van der Waals surface area contributed by atoms with Crippen molar-refractivity contribution in [1.29, 1.82) is 0 Å². The number of carbonyl (C=O) groups excluding carboxylic acids is 1. The molecule has 0 spiro atoms. The minimum Gasteiger partial charge on any atom is -0.349 e. The third-order valence-electron chi connectivity index (χ3n) is 5.62.